The molecule has 1 N–H and O–H groups in total. The van der Waals surface area contributed by atoms with E-state index in [2.05, 4.69) is 30.9 Å². The molecule has 2 aromatic heterocycles. The zero-order valence-electron chi connectivity index (χ0n) is 9.11. The van der Waals surface area contributed by atoms with Crippen molar-refractivity contribution in [1.29, 1.82) is 0 Å². The Balaban J connectivity index is 1.84. The molecule has 2 aromatic rings. The van der Waals surface area contributed by atoms with Crippen molar-refractivity contribution in [1.82, 2.24) is 35.6 Å². The molecule has 0 saturated carbocycles. The highest BCUT2D eigenvalue weighted by atomic mass is 16.5. The minimum atomic E-state index is -0.190. The number of tetrazole rings is 1. The van der Waals surface area contributed by atoms with Gasteiger partial charge in [0.05, 0.1) is 18.5 Å². The van der Waals surface area contributed by atoms with Crippen LogP contribution in [0.5, 0.6) is 0 Å². The molecule has 0 spiro atoms. The average Bonchev–Trinajstić information content (AvgIpc) is 2.95. The lowest BCUT2D eigenvalue weighted by atomic mass is 10.1. The molecule has 16 heavy (non-hydrogen) atoms. The third-order valence-corrected chi connectivity index (χ3v) is 2.26. The summed E-state index contributed by atoms with van der Waals surface area (Å²) in [5.41, 5.74) is 0.879. The van der Waals surface area contributed by atoms with E-state index in [0.29, 0.717) is 6.61 Å². The first-order valence-electron chi connectivity index (χ1n) is 4.97. The highest BCUT2D eigenvalue weighted by Gasteiger charge is 2.12. The summed E-state index contributed by atoms with van der Waals surface area (Å²) in [5.74, 6) is 0.178. The minimum Gasteiger partial charge on any atom is -0.356 e. The van der Waals surface area contributed by atoms with Crippen LogP contribution in [0, 0.1) is 0 Å². The Morgan fingerprint density at radius 2 is 2.38 bits per heavy atom. The number of ether oxygens (including phenoxy) is 1. The van der Waals surface area contributed by atoms with Gasteiger partial charge in [0.25, 0.3) is 0 Å². The average molecular weight is 223 g/mol. The van der Waals surface area contributed by atoms with E-state index in [0.717, 1.165) is 5.69 Å². The topological polar surface area (TPSA) is 94.4 Å². The molecule has 0 aliphatic carbocycles. The molecule has 8 heteroatoms. The molecule has 0 aliphatic rings. The predicted molar refractivity (Wildman–Crippen MR) is 53.3 cm³/mol. The Kier molecular flexibility index (Phi) is 3.20. The number of hydrogen-bond acceptors (Lipinski definition) is 6. The maximum atomic E-state index is 5.61. The molecule has 0 radical (unpaired) electrons. The second-order valence-corrected chi connectivity index (χ2v) is 3.52. The highest BCUT2D eigenvalue weighted by molar-refractivity contribution is 4.98. The Morgan fingerprint density at radius 1 is 1.50 bits per heavy atom. The van der Waals surface area contributed by atoms with Gasteiger partial charge in [-0.25, -0.2) is 4.68 Å². The second kappa shape index (κ2) is 4.79. The molecule has 2 rings (SSSR count). The SMILES string of the molecule is CC(COC(C)n1cnnn1)c1cn[nH]n1. The maximum absolute atomic E-state index is 5.61. The van der Waals surface area contributed by atoms with Crippen LogP contribution < -0.4 is 0 Å². The summed E-state index contributed by atoms with van der Waals surface area (Å²) in [6.45, 7) is 4.43. The molecule has 8 nitrogen and oxygen atoms in total. The van der Waals surface area contributed by atoms with E-state index in [9.17, 15) is 0 Å². The van der Waals surface area contributed by atoms with Gasteiger partial charge in [0.1, 0.15) is 6.33 Å². The van der Waals surface area contributed by atoms with Crippen LogP contribution in [0.4, 0.5) is 0 Å². The first kappa shape index (κ1) is 10.7. The number of nitrogens with zero attached hydrogens (tertiary/aromatic N) is 6. The summed E-state index contributed by atoms with van der Waals surface area (Å²) in [4.78, 5) is 0. The fraction of sp³-hybridized carbons (Fsp3) is 0.625. The minimum absolute atomic E-state index is 0.178. The Labute approximate surface area is 92.0 Å². The van der Waals surface area contributed by atoms with Crippen molar-refractivity contribution in [3.63, 3.8) is 0 Å². The Bertz CT molecular complexity index is 358. The Morgan fingerprint density at radius 3 is 3.00 bits per heavy atom. The van der Waals surface area contributed by atoms with Crippen LogP contribution in [0.15, 0.2) is 12.5 Å². The van der Waals surface area contributed by atoms with Gasteiger partial charge in [0.15, 0.2) is 6.23 Å². The van der Waals surface area contributed by atoms with Crippen LogP contribution in [0.3, 0.4) is 0 Å². The van der Waals surface area contributed by atoms with Crippen LogP contribution in [-0.4, -0.2) is 42.2 Å². The van der Waals surface area contributed by atoms with Crippen LogP contribution in [0.2, 0.25) is 0 Å². The van der Waals surface area contributed by atoms with Crippen LogP contribution in [0.25, 0.3) is 0 Å². The molecule has 0 amide bonds. The van der Waals surface area contributed by atoms with Gasteiger partial charge in [-0.2, -0.15) is 15.4 Å². The van der Waals surface area contributed by atoms with Gasteiger partial charge in [-0.05, 0) is 17.4 Å². The normalized spacial score (nSPS) is 14.9. The molecule has 0 fully saturated rings. The van der Waals surface area contributed by atoms with E-state index in [-0.39, 0.29) is 12.1 Å². The number of aromatic nitrogens is 7. The van der Waals surface area contributed by atoms with Crippen molar-refractivity contribution in [3.05, 3.63) is 18.2 Å². The summed E-state index contributed by atoms with van der Waals surface area (Å²) < 4.78 is 7.16. The molecule has 2 heterocycles. The number of hydrogen-bond donors (Lipinski definition) is 1. The third kappa shape index (κ3) is 2.40. The molecule has 2 atom stereocenters. The standard InChI is InChI=1S/C8H13N7O/c1-6(8-3-9-12-11-8)4-16-7(2)15-5-10-13-14-15/h3,5-7H,4H2,1-2H3,(H,9,11,12). The maximum Gasteiger partial charge on any atom is 0.150 e. The molecular formula is C8H13N7O. The van der Waals surface area contributed by atoms with Gasteiger partial charge in [-0.1, -0.05) is 6.92 Å². The van der Waals surface area contributed by atoms with Gasteiger partial charge >= 0.3 is 0 Å². The van der Waals surface area contributed by atoms with Crippen LogP contribution >= 0.6 is 0 Å². The van der Waals surface area contributed by atoms with Crippen LogP contribution in [-0.2, 0) is 4.74 Å². The lowest BCUT2D eigenvalue weighted by molar-refractivity contribution is -0.00000677. The zero-order valence-corrected chi connectivity index (χ0v) is 9.11. The number of aromatic amines is 1. The van der Waals surface area contributed by atoms with Gasteiger partial charge in [-0.3, -0.25) is 0 Å². The predicted octanol–water partition coefficient (Wildman–Crippen LogP) is 0.130. The largest absolute Gasteiger partial charge is 0.356 e. The van der Waals surface area contributed by atoms with Gasteiger partial charge < -0.3 is 4.74 Å². The number of H-pyrrole nitrogens is 1. The third-order valence-electron chi connectivity index (χ3n) is 2.26. The first-order valence-corrected chi connectivity index (χ1v) is 4.97. The fourth-order valence-corrected chi connectivity index (χ4v) is 1.23. The van der Waals surface area contributed by atoms with E-state index in [1.54, 1.807) is 10.9 Å². The quantitative estimate of drug-likeness (QED) is 0.774. The lowest BCUT2D eigenvalue weighted by Crippen LogP contribution is -2.14. The van der Waals surface area contributed by atoms with Gasteiger partial charge in [0.2, 0.25) is 0 Å². The first-order chi connectivity index (χ1) is 7.77. The van der Waals surface area contributed by atoms with E-state index < -0.39 is 0 Å². The summed E-state index contributed by atoms with van der Waals surface area (Å²) in [6, 6.07) is 0. The highest BCUT2D eigenvalue weighted by Crippen LogP contribution is 2.14. The molecule has 2 unspecified atom stereocenters. The van der Waals surface area contributed by atoms with Crippen molar-refractivity contribution >= 4 is 0 Å². The molecule has 0 aliphatic heterocycles. The van der Waals surface area contributed by atoms with Gasteiger partial charge in [0, 0.05) is 5.92 Å². The molecule has 0 saturated heterocycles. The van der Waals surface area contributed by atoms with Gasteiger partial charge in [-0.15, -0.1) is 5.10 Å². The van der Waals surface area contributed by atoms with E-state index in [4.69, 9.17) is 4.74 Å². The zero-order chi connectivity index (χ0) is 11.4. The Hall–Kier alpha value is -1.83. The van der Waals surface area contributed by atoms with E-state index in [1.165, 1.54) is 6.33 Å². The summed E-state index contributed by atoms with van der Waals surface area (Å²) in [7, 11) is 0. The number of nitrogens with one attached hydrogen (secondary N) is 1. The summed E-state index contributed by atoms with van der Waals surface area (Å²) in [5, 5.41) is 21.2. The molecule has 86 valence electrons. The van der Waals surface area contributed by atoms with Crippen molar-refractivity contribution in [2.75, 3.05) is 6.61 Å². The van der Waals surface area contributed by atoms with Crippen molar-refractivity contribution < 1.29 is 4.74 Å². The summed E-state index contributed by atoms with van der Waals surface area (Å²) >= 11 is 0. The van der Waals surface area contributed by atoms with E-state index in [1.807, 2.05) is 13.8 Å². The molecular weight excluding hydrogens is 210 g/mol. The molecule has 0 bridgehead atoms. The number of rotatable bonds is 5. The fourth-order valence-electron chi connectivity index (χ4n) is 1.23. The van der Waals surface area contributed by atoms with Crippen molar-refractivity contribution in [3.8, 4) is 0 Å². The summed E-state index contributed by atoms with van der Waals surface area (Å²) in [6.07, 6.45) is 3.02. The molecule has 0 aromatic carbocycles. The van der Waals surface area contributed by atoms with Crippen molar-refractivity contribution in [2.45, 2.75) is 26.0 Å². The monoisotopic (exact) mass is 223 g/mol. The van der Waals surface area contributed by atoms with Crippen LogP contribution in [0.1, 0.15) is 31.7 Å². The second-order valence-electron chi connectivity index (χ2n) is 3.52. The smallest absolute Gasteiger partial charge is 0.150 e. The van der Waals surface area contributed by atoms with E-state index >= 15 is 0 Å². The van der Waals surface area contributed by atoms with Crippen molar-refractivity contribution in [2.24, 2.45) is 0 Å². The lowest BCUT2D eigenvalue weighted by Gasteiger charge is -2.14.